The topological polar surface area (TPSA) is 40.8 Å². The molecule has 0 fully saturated rings. The van der Waals surface area contributed by atoms with Crippen molar-refractivity contribution < 1.29 is 5.11 Å². The van der Waals surface area contributed by atoms with Crippen molar-refractivity contribution in [2.45, 2.75) is 25.9 Å². The molecule has 19 heavy (non-hydrogen) atoms. The standard InChI is InChI=1S/C13H17Cl2N3O/c1-3-11(8-19)17(2)6-10-7-18-5-9(14)4-12(15)13(18)16-10/h4-5,7,11,19H,3,6,8H2,1-2H3. The predicted octanol–water partition coefficient (Wildman–Crippen LogP) is 2.84. The number of nitrogens with zero attached hydrogens (tertiary/aromatic N) is 3. The van der Waals surface area contributed by atoms with Crippen LogP contribution in [0.15, 0.2) is 18.5 Å². The average Bonchev–Trinajstić information content (AvgIpc) is 2.73. The minimum atomic E-state index is 0.142. The molecule has 0 aliphatic heterocycles. The Bertz CT molecular complexity index is 566. The van der Waals surface area contributed by atoms with Crippen LogP contribution in [-0.2, 0) is 6.54 Å². The van der Waals surface area contributed by atoms with Crippen molar-refractivity contribution in [3.05, 3.63) is 34.2 Å². The molecule has 1 unspecified atom stereocenters. The molecule has 104 valence electrons. The Balaban J connectivity index is 2.24. The van der Waals surface area contributed by atoms with E-state index >= 15 is 0 Å². The summed E-state index contributed by atoms with van der Waals surface area (Å²) in [7, 11) is 1.98. The van der Waals surface area contributed by atoms with E-state index in [0.29, 0.717) is 22.2 Å². The van der Waals surface area contributed by atoms with E-state index in [-0.39, 0.29) is 12.6 Å². The van der Waals surface area contributed by atoms with Crippen molar-refractivity contribution in [3.63, 3.8) is 0 Å². The number of fused-ring (bicyclic) bond motifs is 1. The molecule has 1 atom stereocenters. The summed E-state index contributed by atoms with van der Waals surface area (Å²) in [5.41, 5.74) is 1.60. The summed E-state index contributed by atoms with van der Waals surface area (Å²) in [4.78, 5) is 6.57. The zero-order chi connectivity index (χ0) is 14.0. The largest absolute Gasteiger partial charge is 0.395 e. The molecule has 2 heterocycles. The van der Waals surface area contributed by atoms with Gasteiger partial charge in [-0.05, 0) is 19.5 Å². The van der Waals surface area contributed by atoms with E-state index in [9.17, 15) is 5.11 Å². The van der Waals surface area contributed by atoms with Crippen LogP contribution >= 0.6 is 23.2 Å². The van der Waals surface area contributed by atoms with Gasteiger partial charge in [0.05, 0.1) is 22.3 Å². The highest BCUT2D eigenvalue weighted by molar-refractivity contribution is 6.36. The molecule has 1 N–H and O–H groups in total. The number of imidazole rings is 1. The Morgan fingerprint density at radius 3 is 2.79 bits per heavy atom. The first-order valence-electron chi connectivity index (χ1n) is 6.18. The van der Waals surface area contributed by atoms with Gasteiger partial charge in [-0.1, -0.05) is 30.1 Å². The maximum absolute atomic E-state index is 9.29. The summed E-state index contributed by atoms with van der Waals surface area (Å²) in [5.74, 6) is 0. The fourth-order valence-electron chi connectivity index (χ4n) is 2.12. The maximum atomic E-state index is 9.29. The minimum Gasteiger partial charge on any atom is -0.395 e. The summed E-state index contributed by atoms with van der Waals surface area (Å²) >= 11 is 12.1. The Morgan fingerprint density at radius 2 is 2.16 bits per heavy atom. The fourth-order valence-corrected chi connectivity index (χ4v) is 2.64. The first-order chi connectivity index (χ1) is 9.05. The van der Waals surface area contributed by atoms with Gasteiger partial charge < -0.3 is 9.51 Å². The Kier molecular flexibility index (Phi) is 4.68. The number of hydrogen-bond donors (Lipinski definition) is 1. The van der Waals surface area contributed by atoms with Crippen molar-refractivity contribution in [2.24, 2.45) is 0 Å². The Labute approximate surface area is 122 Å². The van der Waals surface area contributed by atoms with Gasteiger partial charge in [0.25, 0.3) is 0 Å². The lowest BCUT2D eigenvalue weighted by molar-refractivity contribution is 0.137. The van der Waals surface area contributed by atoms with Crippen LogP contribution < -0.4 is 0 Å². The molecule has 0 aromatic carbocycles. The van der Waals surface area contributed by atoms with Gasteiger partial charge in [0.2, 0.25) is 0 Å². The molecule has 0 aliphatic rings. The predicted molar refractivity (Wildman–Crippen MR) is 77.8 cm³/mol. The zero-order valence-corrected chi connectivity index (χ0v) is 12.5. The maximum Gasteiger partial charge on any atom is 0.156 e. The highest BCUT2D eigenvalue weighted by Gasteiger charge is 2.14. The van der Waals surface area contributed by atoms with Crippen molar-refractivity contribution in [3.8, 4) is 0 Å². The summed E-state index contributed by atoms with van der Waals surface area (Å²) < 4.78 is 1.83. The van der Waals surface area contributed by atoms with Gasteiger partial charge in [0.15, 0.2) is 5.65 Å². The molecule has 2 aromatic rings. The number of likely N-dealkylation sites (N-methyl/N-ethyl adjacent to an activating group) is 1. The molecule has 0 spiro atoms. The number of pyridine rings is 1. The number of halogens is 2. The third-order valence-corrected chi connectivity index (χ3v) is 3.72. The van der Waals surface area contributed by atoms with Crippen LogP contribution in [0.1, 0.15) is 19.0 Å². The lowest BCUT2D eigenvalue weighted by Gasteiger charge is -2.24. The monoisotopic (exact) mass is 301 g/mol. The smallest absolute Gasteiger partial charge is 0.156 e. The van der Waals surface area contributed by atoms with E-state index < -0.39 is 0 Å². The first kappa shape index (κ1) is 14.6. The Morgan fingerprint density at radius 1 is 1.42 bits per heavy atom. The minimum absolute atomic E-state index is 0.142. The van der Waals surface area contributed by atoms with Crippen LogP contribution in [-0.4, -0.2) is 39.1 Å². The lowest BCUT2D eigenvalue weighted by Crippen LogP contribution is -2.33. The number of aliphatic hydroxyl groups excluding tert-OH is 1. The van der Waals surface area contributed by atoms with Gasteiger partial charge in [0.1, 0.15) is 0 Å². The third kappa shape index (κ3) is 3.20. The van der Waals surface area contributed by atoms with Crippen molar-refractivity contribution >= 4 is 28.8 Å². The molecule has 2 rings (SSSR count). The highest BCUT2D eigenvalue weighted by atomic mass is 35.5. The van der Waals surface area contributed by atoms with Gasteiger partial charge in [-0.25, -0.2) is 4.98 Å². The van der Waals surface area contributed by atoms with Crippen molar-refractivity contribution in [2.75, 3.05) is 13.7 Å². The normalized spacial score (nSPS) is 13.4. The molecule has 2 aromatic heterocycles. The van der Waals surface area contributed by atoms with E-state index in [1.807, 2.05) is 17.6 Å². The van der Waals surface area contributed by atoms with Crippen LogP contribution in [0.25, 0.3) is 5.65 Å². The van der Waals surface area contributed by atoms with E-state index in [4.69, 9.17) is 23.2 Å². The molecule has 0 aliphatic carbocycles. The molecule has 0 saturated carbocycles. The van der Waals surface area contributed by atoms with Crippen LogP contribution in [0, 0.1) is 0 Å². The second-order valence-corrected chi connectivity index (χ2v) is 5.47. The van der Waals surface area contributed by atoms with Gasteiger partial charge in [-0.3, -0.25) is 4.90 Å². The van der Waals surface area contributed by atoms with E-state index in [1.165, 1.54) is 0 Å². The van der Waals surface area contributed by atoms with Crippen LogP contribution in [0.5, 0.6) is 0 Å². The number of rotatable bonds is 5. The highest BCUT2D eigenvalue weighted by Crippen LogP contribution is 2.22. The van der Waals surface area contributed by atoms with E-state index in [1.54, 1.807) is 12.3 Å². The summed E-state index contributed by atoms with van der Waals surface area (Å²) in [6, 6.07) is 1.82. The van der Waals surface area contributed by atoms with Gasteiger partial charge in [-0.2, -0.15) is 0 Å². The zero-order valence-electron chi connectivity index (χ0n) is 11.0. The average molecular weight is 302 g/mol. The Hall–Kier alpha value is -0.810. The number of hydrogen-bond acceptors (Lipinski definition) is 3. The lowest BCUT2D eigenvalue weighted by atomic mass is 10.2. The first-order valence-corrected chi connectivity index (χ1v) is 6.94. The quantitative estimate of drug-likeness (QED) is 0.923. The number of aromatic nitrogens is 2. The van der Waals surface area contributed by atoms with Crippen molar-refractivity contribution in [1.82, 2.24) is 14.3 Å². The van der Waals surface area contributed by atoms with Crippen LogP contribution in [0.2, 0.25) is 10.0 Å². The molecular weight excluding hydrogens is 285 g/mol. The summed E-state index contributed by atoms with van der Waals surface area (Å²) in [6.45, 7) is 2.86. The fraction of sp³-hybridized carbons (Fsp3) is 0.462. The van der Waals surface area contributed by atoms with Crippen molar-refractivity contribution in [1.29, 1.82) is 0 Å². The second-order valence-electron chi connectivity index (χ2n) is 4.63. The van der Waals surface area contributed by atoms with Gasteiger partial charge >= 0.3 is 0 Å². The molecule has 0 saturated heterocycles. The molecule has 0 amide bonds. The second kappa shape index (κ2) is 6.09. The number of aliphatic hydroxyl groups is 1. The van der Waals surface area contributed by atoms with Crippen LogP contribution in [0.4, 0.5) is 0 Å². The van der Waals surface area contributed by atoms with E-state index in [0.717, 1.165) is 12.1 Å². The van der Waals surface area contributed by atoms with E-state index in [2.05, 4.69) is 16.8 Å². The molecule has 4 nitrogen and oxygen atoms in total. The summed E-state index contributed by atoms with van der Waals surface area (Å²) in [6.07, 6.45) is 4.59. The van der Waals surface area contributed by atoms with Gasteiger partial charge in [0, 0.05) is 25.0 Å². The molecule has 0 radical (unpaired) electrons. The summed E-state index contributed by atoms with van der Waals surface area (Å²) in [5, 5.41) is 10.4. The SMILES string of the molecule is CCC(CO)N(C)Cc1cn2cc(Cl)cc(Cl)c2n1. The van der Waals surface area contributed by atoms with Crippen LogP contribution in [0.3, 0.4) is 0 Å². The molecule has 6 heteroatoms. The molecular formula is C13H17Cl2N3O. The molecule has 0 bridgehead atoms. The third-order valence-electron chi connectivity index (χ3n) is 3.24. The van der Waals surface area contributed by atoms with Gasteiger partial charge in [-0.15, -0.1) is 0 Å².